The molecule has 0 amide bonds. The van der Waals surface area contributed by atoms with E-state index in [2.05, 4.69) is 0 Å². The van der Waals surface area contributed by atoms with E-state index < -0.39 is 5.97 Å². The van der Waals surface area contributed by atoms with Gasteiger partial charge in [0.1, 0.15) is 18.1 Å². The molecule has 1 heterocycles. The number of hydrogen-bond acceptors (Lipinski definition) is 4. The van der Waals surface area contributed by atoms with Gasteiger partial charge in [0.25, 0.3) is 0 Å². The Morgan fingerprint density at radius 3 is 2.76 bits per heavy atom. The van der Waals surface area contributed by atoms with E-state index in [0.717, 1.165) is 11.1 Å². The average Bonchev–Trinajstić information content (AvgIpc) is 2.86. The third-order valence-corrected chi connectivity index (χ3v) is 3.26. The number of rotatable bonds is 5. The SMILES string of the molecule is CCn1cc(N)cc1C(=O)OCc1cc(C)ccc1OC. The van der Waals surface area contributed by atoms with Crippen molar-refractivity contribution in [2.24, 2.45) is 0 Å². The van der Waals surface area contributed by atoms with E-state index in [1.165, 1.54) is 0 Å². The van der Waals surface area contributed by atoms with Gasteiger partial charge in [-0.3, -0.25) is 0 Å². The number of nitrogen functional groups attached to an aromatic ring is 1. The molecule has 0 atom stereocenters. The summed E-state index contributed by atoms with van der Waals surface area (Å²) >= 11 is 0. The fourth-order valence-corrected chi connectivity index (χ4v) is 2.20. The number of hydrogen-bond donors (Lipinski definition) is 1. The highest BCUT2D eigenvalue weighted by atomic mass is 16.5. The van der Waals surface area contributed by atoms with Gasteiger partial charge in [0.05, 0.1) is 12.8 Å². The van der Waals surface area contributed by atoms with Gasteiger partial charge in [-0.05, 0) is 32.0 Å². The van der Waals surface area contributed by atoms with Gasteiger partial charge in [-0.15, -0.1) is 0 Å². The maximum Gasteiger partial charge on any atom is 0.355 e. The van der Waals surface area contributed by atoms with Crippen molar-refractivity contribution in [2.75, 3.05) is 12.8 Å². The number of ether oxygens (including phenoxy) is 2. The summed E-state index contributed by atoms with van der Waals surface area (Å²) in [4.78, 5) is 12.2. The number of anilines is 1. The second kappa shape index (κ2) is 6.35. The molecule has 2 aromatic rings. The molecule has 0 aliphatic rings. The summed E-state index contributed by atoms with van der Waals surface area (Å²) < 4.78 is 12.4. The molecule has 21 heavy (non-hydrogen) atoms. The molecule has 0 spiro atoms. The minimum absolute atomic E-state index is 0.165. The molecule has 0 unspecified atom stereocenters. The van der Waals surface area contributed by atoms with E-state index >= 15 is 0 Å². The maximum atomic E-state index is 12.2. The highest BCUT2D eigenvalue weighted by Crippen LogP contribution is 2.21. The molecule has 2 N–H and O–H groups in total. The number of nitrogens with zero attached hydrogens (tertiary/aromatic N) is 1. The fraction of sp³-hybridized carbons (Fsp3) is 0.312. The Hall–Kier alpha value is -2.43. The van der Waals surface area contributed by atoms with Crippen molar-refractivity contribution in [3.63, 3.8) is 0 Å². The molecule has 0 bridgehead atoms. The zero-order valence-corrected chi connectivity index (χ0v) is 12.6. The van der Waals surface area contributed by atoms with Gasteiger partial charge >= 0.3 is 5.97 Å². The van der Waals surface area contributed by atoms with Crippen LogP contribution in [0.5, 0.6) is 5.75 Å². The van der Waals surface area contributed by atoms with E-state index in [1.54, 1.807) is 23.9 Å². The van der Waals surface area contributed by atoms with Gasteiger partial charge in [-0.2, -0.15) is 0 Å². The summed E-state index contributed by atoms with van der Waals surface area (Å²) in [6.07, 6.45) is 1.73. The van der Waals surface area contributed by atoms with E-state index in [9.17, 15) is 4.79 Å². The van der Waals surface area contributed by atoms with Crippen molar-refractivity contribution in [3.05, 3.63) is 47.3 Å². The summed E-state index contributed by atoms with van der Waals surface area (Å²) in [5, 5.41) is 0. The lowest BCUT2D eigenvalue weighted by Crippen LogP contribution is -2.11. The van der Waals surface area contributed by atoms with E-state index in [0.29, 0.717) is 23.7 Å². The number of aryl methyl sites for hydroxylation is 2. The summed E-state index contributed by atoms with van der Waals surface area (Å²) in [5.41, 5.74) is 8.66. The molecule has 0 aliphatic carbocycles. The van der Waals surface area contributed by atoms with Crippen LogP contribution in [0.15, 0.2) is 30.5 Å². The minimum atomic E-state index is -0.392. The zero-order chi connectivity index (χ0) is 15.4. The predicted molar refractivity (Wildman–Crippen MR) is 81.4 cm³/mol. The summed E-state index contributed by atoms with van der Waals surface area (Å²) in [6.45, 7) is 4.75. The Kier molecular flexibility index (Phi) is 4.52. The van der Waals surface area contributed by atoms with E-state index in [-0.39, 0.29) is 6.61 Å². The van der Waals surface area contributed by atoms with Gasteiger partial charge in [0.15, 0.2) is 0 Å². The molecular formula is C16H20N2O3. The molecule has 5 nitrogen and oxygen atoms in total. The number of benzene rings is 1. The zero-order valence-electron chi connectivity index (χ0n) is 12.6. The van der Waals surface area contributed by atoms with Crippen LogP contribution >= 0.6 is 0 Å². The maximum absolute atomic E-state index is 12.2. The largest absolute Gasteiger partial charge is 0.496 e. The Morgan fingerprint density at radius 2 is 2.10 bits per heavy atom. The van der Waals surface area contributed by atoms with Gasteiger partial charge in [0.2, 0.25) is 0 Å². The monoisotopic (exact) mass is 288 g/mol. The molecular weight excluding hydrogens is 268 g/mol. The molecule has 0 fully saturated rings. The number of aromatic nitrogens is 1. The lowest BCUT2D eigenvalue weighted by atomic mass is 10.1. The van der Waals surface area contributed by atoms with Crippen molar-refractivity contribution >= 4 is 11.7 Å². The van der Waals surface area contributed by atoms with E-state index in [1.807, 2.05) is 32.0 Å². The summed E-state index contributed by atoms with van der Waals surface area (Å²) in [6, 6.07) is 7.39. The second-order valence-corrected chi connectivity index (χ2v) is 4.84. The van der Waals surface area contributed by atoms with Crippen molar-refractivity contribution in [3.8, 4) is 5.75 Å². The van der Waals surface area contributed by atoms with Crippen LogP contribution < -0.4 is 10.5 Å². The molecule has 112 valence electrons. The van der Waals surface area contributed by atoms with Crippen LogP contribution in [-0.2, 0) is 17.9 Å². The number of nitrogens with two attached hydrogens (primary N) is 1. The third-order valence-electron chi connectivity index (χ3n) is 3.26. The lowest BCUT2D eigenvalue weighted by molar-refractivity contribution is 0.0457. The van der Waals surface area contributed by atoms with Gasteiger partial charge < -0.3 is 19.8 Å². The molecule has 0 aliphatic heterocycles. The number of carbonyl (C=O) groups is 1. The van der Waals surface area contributed by atoms with Crippen molar-refractivity contribution in [1.82, 2.24) is 4.57 Å². The van der Waals surface area contributed by atoms with Crippen LogP contribution in [0.3, 0.4) is 0 Å². The molecule has 2 rings (SSSR count). The molecule has 1 aromatic heterocycles. The van der Waals surface area contributed by atoms with Gasteiger partial charge in [-0.25, -0.2) is 4.79 Å². The van der Waals surface area contributed by atoms with Crippen molar-refractivity contribution in [2.45, 2.75) is 27.0 Å². The Bertz CT molecular complexity index is 647. The number of methoxy groups -OCH3 is 1. The number of esters is 1. The minimum Gasteiger partial charge on any atom is -0.496 e. The van der Waals surface area contributed by atoms with Crippen LogP contribution in [0.1, 0.15) is 28.5 Å². The highest BCUT2D eigenvalue weighted by Gasteiger charge is 2.14. The van der Waals surface area contributed by atoms with E-state index in [4.69, 9.17) is 15.2 Å². The lowest BCUT2D eigenvalue weighted by Gasteiger charge is -2.11. The summed E-state index contributed by atoms with van der Waals surface area (Å²) in [5.74, 6) is 0.316. The average molecular weight is 288 g/mol. The Balaban J connectivity index is 2.12. The van der Waals surface area contributed by atoms with Crippen LogP contribution in [0.4, 0.5) is 5.69 Å². The molecule has 0 saturated heterocycles. The van der Waals surface area contributed by atoms with Crippen LogP contribution in [0.25, 0.3) is 0 Å². The molecule has 0 radical (unpaired) electrons. The second-order valence-electron chi connectivity index (χ2n) is 4.84. The van der Waals surface area contributed by atoms with Crippen LogP contribution in [-0.4, -0.2) is 17.6 Å². The van der Waals surface area contributed by atoms with Gasteiger partial charge in [0, 0.05) is 18.3 Å². The molecule has 1 aromatic carbocycles. The Labute approximate surface area is 124 Å². The topological polar surface area (TPSA) is 66.5 Å². The molecule has 0 saturated carbocycles. The fourth-order valence-electron chi connectivity index (χ4n) is 2.20. The first-order valence-electron chi connectivity index (χ1n) is 6.81. The molecule has 5 heteroatoms. The predicted octanol–water partition coefficient (Wildman–Crippen LogP) is 2.76. The van der Waals surface area contributed by atoms with Gasteiger partial charge in [-0.1, -0.05) is 11.6 Å². The number of carbonyl (C=O) groups excluding carboxylic acids is 1. The van der Waals surface area contributed by atoms with Crippen molar-refractivity contribution < 1.29 is 14.3 Å². The van der Waals surface area contributed by atoms with Crippen LogP contribution in [0, 0.1) is 6.92 Å². The third kappa shape index (κ3) is 3.37. The van der Waals surface area contributed by atoms with Crippen LogP contribution in [0.2, 0.25) is 0 Å². The standard InChI is InChI=1S/C16H20N2O3/c1-4-18-9-13(17)8-14(18)16(19)21-10-12-7-11(2)5-6-15(12)20-3/h5-9H,4,10,17H2,1-3H3. The summed E-state index contributed by atoms with van der Waals surface area (Å²) in [7, 11) is 1.60. The first-order valence-corrected chi connectivity index (χ1v) is 6.81. The van der Waals surface area contributed by atoms with Crippen molar-refractivity contribution in [1.29, 1.82) is 0 Å². The first-order chi connectivity index (χ1) is 10.0. The smallest absolute Gasteiger partial charge is 0.355 e. The normalized spacial score (nSPS) is 10.4. The first kappa shape index (κ1) is 15.0. The quantitative estimate of drug-likeness (QED) is 0.859. The Morgan fingerprint density at radius 1 is 1.33 bits per heavy atom. The highest BCUT2D eigenvalue weighted by molar-refractivity contribution is 5.89.